The van der Waals surface area contributed by atoms with Gasteiger partial charge in [-0.15, -0.1) is 0 Å². The predicted octanol–water partition coefficient (Wildman–Crippen LogP) is 1.42. The molecule has 0 saturated heterocycles. The smallest absolute Gasteiger partial charge is 0.407 e. The van der Waals surface area contributed by atoms with E-state index in [0.717, 1.165) is 0 Å². The number of carbonyl (C=O) groups excluding carboxylic acids is 2. The molecule has 0 bridgehead atoms. The number of alkyl carbamates (subject to hydrolysis) is 1. The molecule has 0 spiro atoms. The van der Waals surface area contributed by atoms with E-state index < -0.39 is 11.7 Å². The summed E-state index contributed by atoms with van der Waals surface area (Å²) >= 11 is 0. The second-order valence-corrected chi connectivity index (χ2v) is 6.46. The molecule has 1 atom stereocenters. The molecule has 0 saturated carbocycles. The highest BCUT2D eigenvalue weighted by molar-refractivity contribution is 5.94. The number of nitrogens with zero attached hydrogens (tertiary/aromatic N) is 1. The number of pyridine rings is 1. The molecular weight excluding hydrogens is 298 g/mol. The van der Waals surface area contributed by atoms with Crippen LogP contribution in [0.3, 0.4) is 0 Å². The SMILES string of the molecule is C[C@H](CCNC(=O)OC(C)(C)C)NC(=O)c1ccn(C)c(=O)c1. The average molecular weight is 323 g/mol. The van der Waals surface area contributed by atoms with Gasteiger partial charge in [0.15, 0.2) is 0 Å². The fraction of sp³-hybridized carbons (Fsp3) is 0.562. The third-order valence-corrected chi connectivity index (χ3v) is 2.99. The number of amides is 2. The number of hydrogen-bond donors (Lipinski definition) is 2. The Morgan fingerprint density at radius 3 is 2.57 bits per heavy atom. The van der Waals surface area contributed by atoms with Gasteiger partial charge in [0.25, 0.3) is 11.5 Å². The first-order valence-corrected chi connectivity index (χ1v) is 7.53. The highest BCUT2D eigenvalue weighted by Crippen LogP contribution is 2.06. The van der Waals surface area contributed by atoms with Gasteiger partial charge < -0.3 is 19.9 Å². The lowest BCUT2D eigenvalue weighted by Gasteiger charge is -2.20. The van der Waals surface area contributed by atoms with Crippen LogP contribution in [0.25, 0.3) is 0 Å². The highest BCUT2D eigenvalue weighted by Gasteiger charge is 2.16. The molecule has 1 rings (SSSR count). The third-order valence-electron chi connectivity index (χ3n) is 2.99. The lowest BCUT2D eigenvalue weighted by atomic mass is 10.2. The fourth-order valence-corrected chi connectivity index (χ4v) is 1.77. The number of hydrogen-bond acceptors (Lipinski definition) is 4. The van der Waals surface area contributed by atoms with Crippen molar-refractivity contribution >= 4 is 12.0 Å². The van der Waals surface area contributed by atoms with Crippen molar-refractivity contribution in [2.75, 3.05) is 6.54 Å². The maximum atomic E-state index is 12.0. The Hall–Kier alpha value is -2.31. The van der Waals surface area contributed by atoms with Crippen LogP contribution in [0.5, 0.6) is 0 Å². The first-order chi connectivity index (χ1) is 10.6. The third kappa shape index (κ3) is 6.99. The van der Waals surface area contributed by atoms with E-state index in [1.807, 2.05) is 6.92 Å². The quantitative estimate of drug-likeness (QED) is 0.857. The molecule has 0 aromatic carbocycles. The van der Waals surface area contributed by atoms with Gasteiger partial charge in [0.1, 0.15) is 5.60 Å². The summed E-state index contributed by atoms with van der Waals surface area (Å²) in [5.41, 5.74) is -0.458. The topological polar surface area (TPSA) is 89.4 Å². The van der Waals surface area contributed by atoms with Crippen molar-refractivity contribution in [3.63, 3.8) is 0 Å². The Kier molecular flexibility index (Phi) is 6.36. The summed E-state index contributed by atoms with van der Waals surface area (Å²) in [5.74, 6) is -0.313. The van der Waals surface area contributed by atoms with Crippen molar-refractivity contribution in [1.82, 2.24) is 15.2 Å². The summed E-state index contributed by atoms with van der Waals surface area (Å²) in [7, 11) is 1.62. The van der Waals surface area contributed by atoms with Crippen LogP contribution >= 0.6 is 0 Å². The zero-order valence-corrected chi connectivity index (χ0v) is 14.3. The molecule has 23 heavy (non-hydrogen) atoms. The maximum Gasteiger partial charge on any atom is 0.407 e. The molecule has 1 aromatic heterocycles. The number of carbonyl (C=O) groups is 2. The van der Waals surface area contributed by atoms with Crippen molar-refractivity contribution in [2.45, 2.75) is 45.8 Å². The minimum atomic E-state index is -0.538. The Labute approximate surface area is 136 Å². The largest absolute Gasteiger partial charge is 0.444 e. The Bertz CT molecular complexity index is 616. The van der Waals surface area contributed by atoms with Crippen molar-refractivity contribution in [1.29, 1.82) is 0 Å². The van der Waals surface area contributed by atoms with E-state index in [4.69, 9.17) is 4.74 Å². The number of nitrogens with one attached hydrogen (secondary N) is 2. The van der Waals surface area contributed by atoms with Gasteiger partial charge in [-0.3, -0.25) is 9.59 Å². The van der Waals surface area contributed by atoms with Crippen LogP contribution in [0.2, 0.25) is 0 Å². The van der Waals surface area contributed by atoms with Gasteiger partial charge in [0, 0.05) is 37.5 Å². The van der Waals surface area contributed by atoms with Crippen molar-refractivity contribution in [2.24, 2.45) is 7.05 Å². The second-order valence-electron chi connectivity index (χ2n) is 6.46. The lowest BCUT2D eigenvalue weighted by molar-refractivity contribution is 0.0526. The summed E-state index contributed by atoms with van der Waals surface area (Å²) in [4.78, 5) is 35.0. The van der Waals surface area contributed by atoms with E-state index in [1.54, 1.807) is 40.1 Å². The van der Waals surface area contributed by atoms with E-state index in [0.29, 0.717) is 18.5 Å². The number of ether oxygens (including phenoxy) is 1. The van der Waals surface area contributed by atoms with Gasteiger partial charge in [-0.2, -0.15) is 0 Å². The van der Waals surface area contributed by atoms with Gasteiger partial charge in [-0.1, -0.05) is 0 Å². The molecule has 2 amide bonds. The van der Waals surface area contributed by atoms with Crippen LogP contribution in [0, 0.1) is 0 Å². The highest BCUT2D eigenvalue weighted by atomic mass is 16.6. The van der Waals surface area contributed by atoms with Gasteiger partial charge in [-0.05, 0) is 40.2 Å². The molecule has 0 radical (unpaired) electrons. The fourth-order valence-electron chi connectivity index (χ4n) is 1.77. The summed E-state index contributed by atoms with van der Waals surface area (Å²) in [6.07, 6.45) is 1.62. The first-order valence-electron chi connectivity index (χ1n) is 7.53. The zero-order chi connectivity index (χ0) is 17.6. The molecule has 0 aliphatic carbocycles. The number of aryl methyl sites for hydroxylation is 1. The summed E-state index contributed by atoms with van der Waals surface area (Å²) in [6, 6.07) is 2.73. The minimum Gasteiger partial charge on any atom is -0.444 e. The Balaban J connectivity index is 2.40. The minimum absolute atomic E-state index is 0.151. The van der Waals surface area contributed by atoms with Gasteiger partial charge >= 0.3 is 6.09 Å². The molecule has 1 heterocycles. The molecule has 2 N–H and O–H groups in total. The number of rotatable bonds is 5. The average Bonchev–Trinajstić information content (AvgIpc) is 2.39. The van der Waals surface area contributed by atoms with E-state index in [-0.39, 0.29) is 17.5 Å². The molecule has 0 aliphatic rings. The second kappa shape index (κ2) is 7.80. The summed E-state index contributed by atoms with van der Waals surface area (Å²) in [5, 5.41) is 5.42. The van der Waals surface area contributed by atoms with Crippen LogP contribution < -0.4 is 16.2 Å². The Morgan fingerprint density at radius 2 is 2.00 bits per heavy atom. The van der Waals surface area contributed by atoms with E-state index in [1.165, 1.54) is 10.6 Å². The molecule has 0 unspecified atom stereocenters. The van der Waals surface area contributed by atoms with Crippen LogP contribution in [0.15, 0.2) is 23.1 Å². The Morgan fingerprint density at radius 1 is 1.35 bits per heavy atom. The van der Waals surface area contributed by atoms with Crippen LogP contribution in [-0.2, 0) is 11.8 Å². The van der Waals surface area contributed by atoms with E-state index in [9.17, 15) is 14.4 Å². The molecule has 0 fully saturated rings. The van der Waals surface area contributed by atoms with Crippen molar-refractivity contribution in [3.05, 3.63) is 34.2 Å². The normalized spacial score (nSPS) is 12.4. The summed E-state index contributed by atoms with van der Waals surface area (Å²) in [6.45, 7) is 7.58. The van der Waals surface area contributed by atoms with Crippen LogP contribution in [0.4, 0.5) is 4.79 Å². The molecule has 0 aliphatic heterocycles. The zero-order valence-electron chi connectivity index (χ0n) is 14.3. The van der Waals surface area contributed by atoms with Crippen molar-refractivity contribution < 1.29 is 14.3 Å². The number of aromatic nitrogens is 1. The molecule has 7 heteroatoms. The van der Waals surface area contributed by atoms with Gasteiger partial charge in [0.2, 0.25) is 0 Å². The van der Waals surface area contributed by atoms with E-state index >= 15 is 0 Å². The molecule has 1 aromatic rings. The molecule has 7 nitrogen and oxygen atoms in total. The predicted molar refractivity (Wildman–Crippen MR) is 87.5 cm³/mol. The van der Waals surface area contributed by atoms with Gasteiger partial charge in [0.05, 0.1) is 0 Å². The van der Waals surface area contributed by atoms with Crippen LogP contribution in [-0.4, -0.2) is 34.8 Å². The van der Waals surface area contributed by atoms with Crippen molar-refractivity contribution in [3.8, 4) is 0 Å². The van der Waals surface area contributed by atoms with Gasteiger partial charge in [-0.25, -0.2) is 4.79 Å². The summed E-state index contributed by atoms with van der Waals surface area (Å²) < 4.78 is 6.51. The maximum absolute atomic E-state index is 12.0. The molecular formula is C16H25N3O4. The standard InChI is InChI=1S/C16H25N3O4/c1-11(6-8-17-15(22)23-16(2,3)4)18-14(21)12-7-9-19(5)13(20)10-12/h7,9-11H,6,8H2,1-5H3,(H,17,22)(H,18,21)/t11-/m1/s1. The lowest BCUT2D eigenvalue weighted by Crippen LogP contribution is -2.38. The monoisotopic (exact) mass is 323 g/mol. The van der Waals surface area contributed by atoms with E-state index in [2.05, 4.69) is 10.6 Å². The molecule has 128 valence electrons. The van der Waals surface area contributed by atoms with Crippen LogP contribution in [0.1, 0.15) is 44.5 Å². The first kappa shape index (κ1) is 18.7.